The Bertz CT molecular complexity index is 448. The Balaban J connectivity index is 1.87. The maximum absolute atomic E-state index is 13.4. The fraction of sp³-hybridized carbons (Fsp3) is 0.600. The molecule has 0 radical (unpaired) electrons. The Hall–Kier alpha value is -0.970. The first kappa shape index (κ1) is 14.4. The van der Waals surface area contributed by atoms with Crippen molar-refractivity contribution in [1.82, 2.24) is 4.90 Å². The number of aliphatic hydroxyl groups excluding tert-OH is 1. The average Bonchev–Trinajstić information content (AvgIpc) is 2.69. The first-order valence-corrected chi connectivity index (χ1v) is 6.76. The molecular formula is C15H22FNO2. The Morgan fingerprint density at radius 1 is 1.47 bits per heavy atom. The quantitative estimate of drug-likeness (QED) is 0.877. The van der Waals surface area contributed by atoms with Crippen molar-refractivity contribution in [3.8, 4) is 0 Å². The van der Waals surface area contributed by atoms with Crippen LogP contribution in [0, 0.1) is 12.7 Å². The maximum Gasteiger partial charge on any atom is 0.126 e. The average molecular weight is 267 g/mol. The molecule has 1 fully saturated rings. The van der Waals surface area contributed by atoms with Crippen molar-refractivity contribution < 1.29 is 14.6 Å². The van der Waals surface area contributed by atoms with Gasteiger partial charge < -0.3 is 15.1 Å². The topological polar surface area (TPSA) is 43.7 Å². The lowest BCUT2D eigenvalue weighted by atomic mass is 10.0. The molecule has 4 heteroatoms. The van der Waals surface area contributed by atoms with Crippen LogP contribution in [-0.4, -0.2) is 40.3 Å². The van der Waals surface area contributed by atoms with Gasteiger partial charge in [-0.2, -0.15) is 0 Å². The summed E-state index contributed by atoms with van der Waals surface area (Å²) in [6, 6.07) is 4.86. The number of hydrogen-bond acceptors (Lipinski definition) is 3. The first-order chi connectivity index (χ1) is 8.87. The van der Waals surface area contributed by atoms with E-state index in [2.05, 4.69) is 4.90 Å². The van der Waals surface area contributed by atoms with Crippen LogP contribution in [0.5, 0.6) is 0 Å². The van der Waals surface area contributed by atoms with Crippen molar-refractivity contribution in [3.63, 3.8) is 0 Å². The minimum Gasteiger partial charge on any atom is -0.389 e. The number of aliphatic hydroxyl groups is 2. The molecule has 2 rings (SSSR count). The third kappa shape index (κ3) is 3.75. The molecule has 1 aliphatic rings. The van der Waals surface area contributed by atoms with Gasteiger partial charge in [-0.1, -0.05) is 12.1 Å². The van der Waals surface area contributed by atoms with Crippen LogP contribution in [0.1, 0.15) is 37.0 Å². The summed E-state index contributed by atoms with van der Waals surface area (Å²) in [5.74, 6) is -0.277. The number of nitrogens with zero attached hydrogens (tertiary/aromatic N) is 1. The van der Waals surface area contributed by atoms with Crippen molar-refractivity contribution >= 4 is 0 Å². The van der Waals surface area contributed by atoms with E-state index in [0.29, 0.717) is 30.6 Å². The molecule has 0 aromatic heterocycles. The van der Waals surface area contributed by atoms with E-state index in [4.69, 9.17) is 0 Å². The molecule has 106 valence electrons. The lowest BCUT2D eigenvalue weighted by Crippen LogP contribution is -2.30. The lowest BCUT2D eigenvalue weighted by molar-refractivity contribution is 0.0655. The zero-order chi connectivity index (χ0) is 14.0. The molecule has 19 heavy (non-hydrogen) atoms. The molecule has 1 aromatic rings. The molecule has 3 nitrogen and oxygen atoms in total. The largest absolute Gasteiger partial charge is 0.389 e. The molecule has 0 bridgehead atoms. The van der Waals surface area contributed by atoms with Gasteiger partial charge in [0.15, 0.2) is 0 Å². The van der Waals surface area contributed by atoms with Gasteiger partial charge in [0, 0.05) is 19.6 Å². The number of hydrogen-bond donors (Lipinski definition) is 2. The highest BCUT2D eigenvalue weighted by Gasteiger charge is 2.31. The van der Waals surface area contributed by atoms with Crippen molar-refractivity contribution in [2.24, 2.45) is 0 Å². The smallest absolute Gasteiger partial charge is 0.126 e. The van der Waals surface area contributed by atoms with E-state index in [1.165, 1.54) is 6.07 Å². The van der Waals surface area contributed by atoms with Crippen molar-refractivity contribution in [2.45, 2.75) is 38.4 Å². The highest BCUT2D eigenvalue weighted by atomic mass is 19.1. The van der Waals surface area contributed by atoms with Crippen LogP contribution >= 0.6 is 0 Å². The van der Waals surface area contributed by atoms with E-state index in [1.54, 1.807) is 19.1 Å². The Kier molecular flexibility index (Phi) is 4.23. The van der Waals surface area contributed by atoms with Crippen LogP contribution in [0.3, 0.4) is 0 Å². The summed E-state index contributed by atoms with van der Waals surface area (Å²) in [4.78, 5) is 2.13. The fourth-order valence-electron chi connectivity index (χ4n) is 2.52. The van der Waals surface area contributed by atoms with Gasteiger partial charge in [-0.25, -0.2) is 4.39 Å². The van der Waals surface area contributed by atoms with E-state index in [0.717, 1.165) is 13.0 Å². The second-order valence-corrected chi connectivity index (χ2v) is 5.84. The molecular weight excluding hydrogens is 245 g/mol. The summed E-state index contributed by atoms with van der Waals surface area (Å²) < 4.78 is 13.4. The highest BCUT2D eigenvalue weighted by molar-refractivity contribution is 5.24. The number of halogens is 1. The number of benzene rings is 1. The van der Waals surface area contributed by atoms with E-state index in [1.807, 2.05) is 6.92 Å². The highest BCUT2D eigenvalue weighted by Crippen LogP contribution is 2.23. The van der Waals surface area contributed by atoms with E-state index >= 15 is 0 Å². The number of β-amino-alcohol motifs (C(OH)–C–C–N with tert-alkyl or cyclic N) is 1. The molecule has 1 heterocycles. The summed E-state index contributed by atoms with van der Waals surface area (Å²) in [6.07, 6.45) is 0.668. The normalized spacial score (nSPS) is 25.7. The van der Waals surface area contributed by atoms with Crippen LogP contribution in [0.25, 0.3) is 0 Å². The summed E-state index contributed by atoms with van der Waals surface area (Å²) in [7, 11) is 0. The van der Waals surface area contributed by atoms with Gasteiger partial charge in [-0.3, -0.25) is 0 Å². The maximum atomic E-state index is 13.4. The monoisotopic (exact) mass is 267 g/mol. The fourth-order valence-corrected chi connectivity index (χ4v) is 2.52. The molecule has 0 aliphatic carbocycles. The first-order valence-electron chi connectivity index (χ1n) is 6.76. The van der Waals surface area contributed by atoms with Gasteiger partial charge >= 0.3 is 0 Å². The summed E-state index contributed by atoms with van der Waals surface area (Å²) >= 11 is 0. The molecule has 0 amide bonds. The van der Waals surface area contributed by atoms with E-state index in [9.17, 15) is 14.6 Å². The molecule has 2 unspecified atom stereocenters. The van der Waals surface area contributed by atoms with Crippen molar-refractivity contribution in [3.05, 3.63) is 35.1 Å². The molecule has 1 saturated heterocycles. The minimum atomic E-state index is -0.652. The molecule has 2 N–H and O–H groups in total. The predicted molar refractivity (Wildman–Crippen MR) is 72.4 cm³/mol. The van der Waals surface area contributed by atoms with Gasteiger partial charge in [-0.05, 0) is 43.9 Å². The van der Waals surface area contributed by atoms with Crippen LogP contribution in [-0.2, 0) is 0 Å². The second-order valence-electron chi connectivity index (χ2n) is 5.84. The van der Waals surface area contributed by atoms with Gasteiger partial charge in [0.05, 0.1) is 11.7 Å². The number of rotatable bonds is 4. The zero-order valence-corrected chi connectivity index (χ0v) is 11.6. The Morgan fingerprint density at radius 3 is 2.79 bits per heavy atom. The lowest BCUT2D eigenvalue weighted by Gasteiger charge is -2.20. The van der Waals surface area contributed by atoms with E-state index < -0.39 is 11.7 Å². The third-order valence-electron chi connectivity index (χ3n) is 3.83. The van der Waals surface area contributed by atoms with Gasteiger partial charge in [-0.15, -0.1) is 0 Å². The molecule has 2 atom stereocenters. The molecule has 1 aromatic carbocycles. The standard InChI is InChI=1S/C15H22FNO2/c1-11-3-4-12(9-13(11)16)14(18)5-7-17-8-6-15(2,19)10-17/h3-4,9,14,18-19H,5-8,10H2,1-2H3. The predicted octanol–water partition coefficient (Wildman–Crippen LogP) is 2.01. The van der Waals surface area contributed by atoms with Gasteiger partial charge in [0.1, 0.15) is 5.82 Å². The minimum absolute atomic E-state index is 0.277. The van der Waals surface area contributed by atoms with Crippen LogP contribution in [0.15, 0.2) is 18.2 Å². The summed E-state index contributed by atoms with van der Waals surface area (Å²) in [6.45, 7) is 5.74. The van der Waals surface area contributed by atoms with Crippen molar-refractivity contribution in [1.29, 1.82) is 0 Å². The van der Waals surface area contributed by atoms with Crippen LogP contribution in [0.2, 0.25) is 0 Å². The van der Waals surface area contributed by atoms with E-state index in [-0.39, 0.29) is 5.82 Å². The molecule has 1 aliphatic heterocycles. The zero-order valence-electron chi connectivity index (χ0n) is 11.6. The SMILES string of the molecule is Cc1ccc(C(O)CCN2CCC(C)(O)C2)cc1F. The molecule has 0 spiro atoms. The Morgan fingerprint density at radius 2 is 2.21 bits per heavy atom. The number of aryl methyl sites for hydroxylation is 1. The van der Waals surface area contributed by atoms with Crippen molar-refractivity contribution in [2.75, 3.05) is 19.6 Å². The van der Waals surface area contributed by atoms with Gasteiger partial charge in [0.25, 0.3) is 0 Å². The molecule has 0 saturated carbocycles. The van der Waals surface area contributed by atoms with Gasteiger partial charge in [0.2, 0.25) is 0 Å². The van der Waals surface area contributed by atoms with Crippen LogP contribution < -0.4 is 0 Å². The third-order valence-corrected chi connectivity index (χ3v) is 3.83. The second kappa shape index (κ2) is 5.57. The summed E-state index contributed by atoms with van der Waals surface area (Å²) in [5, 5.41) is 19.9. The summed E-state index contributed by atoms with van der Waals surface area (Å²) in [5.41, 5.74) is 0.599. The number of likely N-dealkylation sites (tertiary alicyclic amines) is 1. The Labute approximate surface area is 113 Å². The van der Waals surface area contributed by atoms with Crippen LogP contribution in [0.4, 0.5) is 4.39 Å².